The van der Waals surface area contributed by atoms with E-state index < -0.39 is 20.0 Å². The molecule has 3 aromatic carbocycles. The van der Waals surface area contributed by atoms with Gasteiger partial charge in [0, 0.05) is 54.9 Å². The number of aryl methyl sites for hydroxylation is 2. The highest BCUT2D eigenvalue weighted by molar-refractivity contribution is 6.71. The van der Waals surface area contributed by atoms with Gasteiger partial charge in [0.05, 0.1) is 29.7 Å². The Kier molecular flexibility index (Phi) is 8.11. The van der Waals surface area contributed by atoms with E-state index in [0.717, 1.165) is 28.1 Å². The van der Waals surface area contributed by atoms with Crippen molar-refractivity contribution in [3.05, 3.63) is 101 Å². The number of nitrogens with zero attached hydrogens (tertiary/aromatic N) is 5. The standard InChI is InChI=1S/C36H41N5O5Si/c1-24-34(47(2,3)45)32(17-19-39-23-27(18-20-42)37-38-39)46-36(24)29-21-28(41-30-12-8-7-11-26(30)13-16-33(41)43)14-15-31(29)40(35(36)44)22-25-9-5-4-6-10-25/h4-12,14-15,21,23-24,32,34,42,45H,13,16-20,22H2,1-3H3/t24-,32+,34-,36+/m0/s1. The van der Waals surface area contributed by atoms with E-state index in [-0.39, 0.29) is 29.9 Å². The Morgan fingerprint density at radius 1 is 1.00 bits per heavy atom. The molecule has 0 bridgehead atoms. The van der Waals surface area contributed by atoms with Gasteiger partial charge in [-0.05, 0) is 61.3 Å². The van der Waals surface area contributed by atoms with Crippen molar-refractivity contribution in [2.75, 3.05) is 16.4 Å². The fraction of sp³-hybridized carbons (Fsp3) is 0.389. The molecule has 4 aromatic rings. The van der Waals surface area contributed by atoms with Gasteiger partial charge in [-0.2, -0.15) is 0 Å². The van der Waals surface area contributed by atoms with Crippen molar-refractivity contribution < 1.29 is 24.2 Å². The molecule has 1 saturated heterocycles. The lowest BCUT2D eigenvalue weighted by Crippen LogP contribution is -2.46. The molecular weight excluding hydrogens is 611 g/mol. The van der Waals surface area contributed by atoms with E-state index in [1.54, 1.807) is 14.5 Å². The second-order valence-electron chi connectivity index (χ2n) is 13.5. The normalized spacial score (nSPS) is 23.9. The number of aliphatic hydroxyl groups excluding tert-OH is 1. The lowest BCUT2D eigenvalue weighted by Gasteiger charge is -2.33. The van der Waals surface area contributed by atoms with E-state index in [0.29, 0.717) is 50.2 Å². The van der Waals surface area contributed by atoms with Crippen LogP contribution in [0.5, 0.6) is 0 Å². The molecule has 244 valence electrons. The molecule has 3 aliphatic rings. The lowest BCUT2D eigenvalue weighted by atomic mass is 9.82. The van der Waals surface area contributed by atoms with Gasteiger partial charge in [-0.1, -0.05) is 60.7 Å². The zero-order chi connectivity index (χ0) is 32.9. The Bertz CT molecular complexity index is 1810. The SMILES string of the molecule is C[C@H]1[C@H]([Si](C)(C)O)[C@@H](CCn2cc(CCO)nn2)O[C@]12C(=O)N(Cc1ccccc1)c1ccc(N3C(=O)CCc4ccccc43)cc12. The Balaban J connectivity index is 1.32. The van der Waals surface area contributed by atoms with Crippen LogP contribution in [0.3, 0.4) is 0 Å². The molecule has 0 saturated carbocycles. The van der Waals surface area contributed by atoms with E-state index >= 15 is 0 Å². The number of amides is 2. The first-order chi connectivity index (χ1) is 22.6. The number of hydrogen-bond donors (Lipinski definition) is 2. The second-order valence-corrected chi connectivity index (χ2v) is 17.5. The second kappa shape index (κ2) is 12.1. The van der Waals surface area contributed by atoms with Crippen LogP contribution in [0.25, 0.3) is 0 Å². The largest absolute Gasteiger partial charge is 0.432 e. The molecule has 0 aliphatic carbocycles. The quantitative estimate of drug-likeness (QED) is 0.248. The highest BCUT2D eigenvalue weighted by Gasteiger charge is 2.66. The average Bonchev–Trinajstić information content (AvgIpc) is 3.70. The molecule has 10 nitrogen and oxygen atoms in total. The van der Waals surface area contributed by atoms with Crippen LogP contribution in [0.15, 0.2) is 79.0 Å². The summed E-state index contributed by atoms with van der Waals surface area (Å²) >= 11 is 0. The summed E-state index contributed by atoms with van der Waals surface area (Å²) in [5, 5.41) is 17.7. The fourth-order valence-corrected chi connectivity index (χ4v) is 10.6. The molecule has 2 N–H and O–H groups in total. The van der Waals surface area contributed by atoms with Crippen LogP contribution in [0.4, 0.5) is 17.1 Å². The average molecular weight is 652 g/mol. The van der Waals surface area contributed by atoms with Crippen molar-refractivity contribution in [3.63, 3.8) is 0 Å². The number of fused-ring (bicyclic) bond motifs is 3. The number of ether oxygens (including phenoxy) is 1. The van der Waals surface area contributed by atoms with Gasteiger partial charge in [0.1, 0.15) is 0 Å². The molecule has 2 amide bonds. The Morgan fingerprint density at radius 3 is 2.53 bits per heavy atom. The zero-order valence-electron chi connectivity index (χ0n) is 27.0. The van der Waals surface area contributed by atoms with Crippen LogP contribution in [-0.2, 0) is 45.9 Å². The number of carbonyl (C=O) groups is 2. The molecule has 7 rings (SSSR count). The number of aromatic nitrogens is 3. The first kappa shape index (κ1) is 31.4. The van der Waals surface area contributed by atoms with E-state index in [9.17, 15) is 19.5 Å². The maximum absolute atomic E-state index is 14.9. The summed E-state index contributed by atoms with van der Waals surface area (Å²) in [5.41, 5.74) is 4.26. The van der Waals surface area contributed by atoms with Crippen LogP contribution < -0.4 is 9.80 Å². The van der Waals surface area contributed by atoms with Gasteiger partial charge in [0.15, 0.2) is 13.9 Å². The summed E-state index contributed by atoms with van der Waals surface area (Å²) in [6.07, 6.45) is 3.44. The summed E-state index contributed by atoms with van der Waals surface area (Å²) in [4.78, 5) is 43.7. The molecule has 4 heterocycles. The van der Waals surface area contributed by atoms with Gasteiger partial charge in [-0.25, -0.2) is 0 Å². The maximum Gasteiger partial charge on any atom is 0.264 e. The molecule has 0 unspecified atom stereocenters. The molecule has 0 radical (unpaired) electrons. The zero-order valence-corrected chi connectivity index (χ0v) is 28.0. The Labute approximate surface area is 275 Å². The summed E-state index contributed by atoms with van der Waals surface area (Å²) in [6, 6.07) is 23.7. The smallest absolute Gasteiger partial charge is 0.264 e. The fourth-order valence-electron chi connectivity index (χ4n) is 8.05. The third-order valence-corrected chi connectivity index (χ3v) is 12.6. The molecule has 47 heavy (non-hydrogen) atoms. The Hall–Kier alpha value is -4.16. The molecule has 11 heteroatoms. The van der Waals surface area contributed by atoms with E-state index in [2.05, 4.69) is 16.4 Å². The molecule has 1 aromatic heterocycles. The number of aliphatic hydroxyl groups is 1. The van der Waals surface area contributed by atoms with Crippen LogP contribution in [0, 0.1) is 5.92 Å². The van der Waals surface area contributed by atoms with Crippen LogP contribution in [-0.4, -0.2) is 57.7 Å². The monoisotopic (exact) mass is 651 g/mol. The lowest BCUT2D eigenvalue weighted by molar-refractivity contribution is -0.146. The number of hydrogen-bond acceptors (Lipinski definition) is 7. The molecule has 3 aliphatic heterocycles. The van der Waals surface area contributed by atoms with Gasteiger partial charge in [0.25, 0.3) is 5.91 Å². The van der Waals surface area contributed by atoms with Crippen molar-refractivity contribution in [2.24, 2.45) is 5.92 Å². The number of para-hydroxylation sites is 1. The van der Waals surface area contributed by atoms with Crippen molar-refractivity contribution in [1.82, 2.24) is 15.0 Å². The first-order valence-corrected chi connectivity index (χ1v) is 19.5. The minimum Gasteiger partial charge on any atom is -0.432 e. The summed E-state index contributed by atoms with van der Waals surface area (Å²) < 4.78 is 8.79. The highest BCUT2D eigenvalue weighted by Crippen LogP contribution is 2.60. The van der Waals surface area contributed by atoms with Crippen LogP contribution >= 0.6 is 0 Å². The number of carbonyl (C=O) groups excluding carboxylic acids is 2. The first-order valence-electron chi connectivity index (χ1n) is 16.4. The van der Waals surface area contributed by atoms with Crippen molar-refractivity contribution in [2.45, 2.75) is 76.0 Å². The van der Waals surface area contributed by atoms with Crippen LogP contribution in [0.2, 0.25) is 18.6 Å². The third-order valence-electron chi connectivity index (χ3n) is 10.1. The number of rotatable bonds is 9. The minimum absolute atomic E-state index is 0.00552. The molecule has 4 atom stereocenters. The van der Waals surface area contributed by atoms with Crippen molar-refractivity contribution in [3.8, 4) is 0 Å². The van der Waals surface area contributed by atoms with E-state index in [1.165, 1.54) is 0 Å². The van der Waals surface area contributed by atoms with E-state index in [4.69, 9.17) is 4.74 Å². The molecular formula is C36H41N5O5Si. The maximum atomic E-state index is 14.9. The highest BCUT2D eigenvalue weighted by atomic mass is 28.4. The van der Waals surface area contributed by atoms with Gasteiger partial charge < -0.3 is 19.5 Å². The summed E-state index contributed by atoms with van der Waals surface area (Å²) in [5.74, 6) is -0.480. The number of benzene rings is 3. The van der Waals surface area contributed by atoms with Gasteiger partial charge in [-0.3, -0.25) is 19.2 Å². The van der Waals surface area contributed by atoms with Crippen molar-refractivity contribution in [1.29, 1.82) is 0 Å². The van der Waals surface area contributed by atoms with Gasteiger partial charge in [0.2, 0.25) is 5.91 Å². The predicted octanol–water partition coefficient (Wildman–Crippen LogP) is 4.86. The minimum atomic E-state index is -2.88. The topological polar surface area (TPSA) is 121 Å². The van der Waals surface area contributed by atoms with Gasteiger partial charge >= 0.3 is 0 Å². The summed E-state index contributed by atoms with van der Waals surface area (Å²) in [6.45, 7) is 6.72. The van der Waals surface area contributed by atoms with Gasteiger partial charge in [-0.15, -0.1) is 5.10 Å². The summed E-state index contributed by atoms with van der Waals surface area (Å²) in [7, 11) is -2.88. The number of anilines is 3. The third kappa shape index (κ3) is 5.40. The van der Waals surface area contributed by atoms with E-state index in [1.807, 2.05) is 92.9 Å². The predicted molar refractivity (Wildman–Crippen MR) is 181 cm³/mol. The van der Waals surface area contributed by atoms with Crippen molar-refractivity contribution >= 4 is 37.2 Å². The van der Waals surface area contributed by atoms with Crippen LogP contribution in [0.1, 0.15) is 42.1 Å². The Morgan fingerprint density at radius 2 is 1.77 bits per heavy atom. The molecule has 1 fully saturated rings. The molecule has 1 spiro atoms.